The summed E-state index contributed by atoms with van der Waals surface area (Å²) in [4.78, 5) is 52.2. The number of imide groups is 2. The number of carbonyl (C=O) groups is 4. The van der Waals surface area contributed by atoms with E-state index >= 15 is 8.78 Å². The van der Waals surface area contributed by atoms with Crippen LogP contribution < -0.4 is 19.3 Å². The van der Waals surface area contributed by atoms with Crippen LogP contribution in [0.3, 0.4) is 0 Å². The van der Waals surface area contributed by atoms with E-state index in [1.54, 1.807) is 12.1 Å². The molecule has 4 amide bonds. The molecule has 266 valence electrons. The lowest BCUT2D eigenvalue weighted by Gasteiger charge is -2.51. The molecule has 0 unspecified atom stereocenters. The van der Waals surface area contributed by atoms with Crippen molar-refractivity contribution < 1.29 is 55.7 Å². The molecule has 2 aliphatic carbocycles. The second-order valence-corrected chi connectivity index (χ2v) is 14.6. The van der Waals surface area contributed by atoms with E-state index in [1.807, 2.05) is 0 Å². The van der Waals surface area contributed by atoms with Gasteiger partial charge < -0.3 is 14.6 Å². The number of methoxy groups -OCH3 is 2. The number of aromatic hydroxyl groups is 1. The minimum absolute atomic E-state index is 0.0704. The number of hydrogen-bond acceptors (Lipinski definition) is 7. The molecule has 17 heteroatoms. The molecule has 2 saturated heterocycles. The van der Waals surface area contributed by atoms with Gasteiger partial charge in [0, 0.05) is 28.1 Å². The molecular formula is C34H22BrCl2F5N2O7. The molecule has 0 aromatic heterocycles. The fourth-order valence-corrected chi connectivity index (χ4v) is 9.12. The summed E-state index contributed by atoms with van der Waals surface area (Å²) < 4.78 is 85.4. The standard InChI is InChI=1S/C34H22BrCl2F5N2O7/c1-50-18-9-14(45)10-19(51-2)21(18)22-15-7-8-16-20(30(47)43(29(16)46)13-5-3-12(35)4-6-13)17(15)11-33(36)31(48)44(32(49)34(22,33)37)28-26(41)24(39)23(38)25(40)27(28)42/h3-7,9-10,16-17,20,22,45H,8,11H2,1-2H3/t16-,17+,20-,22+,33+,34-/m0/s1. The maximum atomic E-state index is 15.3. The molecule has 2 heterocycles. The van der Waals surface area contributed by atoms with E-state index in [4.69, 9.17) is 32.7 Å². The van der Waals surface area contributed by atoms with E-state index in [9.17, 15) is 37.5 Å². The summed E-state index contributed by atoms with van der Waals surface area (Å²) in [7, 11) is 2.38. The van der Waals surface area contributed by atoms with Crippen molar-refractivity contribution in [3.63, 3.8) is 0 Å². The summed E-state index contributed by atoms with van der Waals surface area (Å²) in [6.45, 7) is 0. The van der Waals surface area contributed by atoms with Crippen LogP contribution >= 0.6 is 39.1 Å². The first-order valence-corrected chi connectivity index (χ1v) is 16.7. The van der Waals surface area contributed by atoms with E-state index in [1.165, 1.54) is 32.4 Å². The number of carbonyl (C=O) groups excluding carboxylic acids is 4. The van der Waals surface area contributed by atoms with Crippen LogP contribution in [0, 0.1) is 46.8 Å². The molecule has 9 nitrogen and oxygen atoms in total. The van der Waals surface area contributed by atoms with Crippen LogP contribution in [0.25, 0.3) is 0 Å². The van der Waals surface area contributed by atoms with Gasteiger partial charge in [-0.05, 0) is 43.0 Å². The maximum Gasteiger partial charge on any atom is 0.258 e. The zero-order valence-corrected chi connectivity index (χ0v) is 29.2. The molecule has 1 saturated carbocycles. The van der Waals surface area contributed by atoms with Gasteiger partial charge in [-0.2, -0.15) is 0 Å². The first-order chi connectivity index (χ1) is 24.0. The van der Waals surface area contributed by atoms with Crippen molar-refractivity contribution in [2.24, 2.45) is 17.8 Å². The highest BCUT2D eigenvalue weighted by Crippen LogP contribution is 2.68. The van der Waals surface area contributed by atoms with Gasteiger partial charge in [0.05, 0.1) is 31.7 Å². The minimum Gasteiger partial charge on any atom is -0.508 e. The molecule has 0 radical (unpaired) electrons. The molecule has 7 rings (SSSR count). The Morgan fingerprint density at radius 1 is 0.804 bits per heavy atom. The summed E-state index contributed by atoms with van der Waals surface area (Å²) in [6.07, 6.45) is 0.783. The molecule has 6 atom stereocenters. The van der Waals surface area contributed by atoms with Gasteiger partial charge in [-0.3, -0.25) is 24.1 Å². The molecule has 51 heavy (non-hydrogen) atoms. The number of hydrogen-bond donors (Lipinski definition) is 1. The molecule has 3 aromatic rings. The van der Waals surface area contributed by atoms with Gasteiger partial charge in [0.15, 0.2) is 33.0 Å². The zero-order chi connectivity index (χ0) is 37.1. The van der Waals surface area contributed by atoms with Crippen molar-refractivity contribution in [2.45, 2.75) is 28.5 Å². The number of halogens is 8. The van der Waals surface area contributed by atoms with Crippen LogP contribution in [0.1, 0.15) is 24.3 Å². The largest absolute Gasteiger partial charge is 0.508 e. The summed E-state index contributed by atoms with van der Waals surface area (Å²) in [6, 6.07) is 8.55. The summed E-state index contributed by atoms with van der Waals surface area (Å²) >= 11 is 17.7. The van der Waals surface area contributed by atoms with Gasteiger partial charge in [-0.15, -0.1) is 23.2 Å². The van der Waals surface area contributed by atoms with Crippen LogP contribution in [-0.4, -0.2) is 52.7 Å². The number of ether oxygens (including phenoxy) is 2. The number of allylic oxidation sites excluding steroid dienone is 2. The van der Waals surface area contributed by atoms with Gasteiger partial charge in [-0.1, -0.05) is 27.6 Å². The second-order valence-electron chi connectivity index (χ2n) is 12.4. The average Bonchev–Trinajstić information content (AvgIpc) is 3.44. The molecular weight excluding hydrogens is 794 g/mol. The molecule has 3 aromatic carbocycles. The van der Waals surface area contributed by atoms with Gasteiger partial charge in [0.2, 0.25) is 17.6 Å². The average molecular weight is 816 g/mol. The number of alkyl halides is 2. The molecule has 0 spiro atoms. The van der Waals surface area contributed by atoms with Gasteiger partial charge in [0.1, 0.15) is 22.9 Å². The zero-order valence-electron chi connectivity index (χ0n) is 26.1. The number of phenolic OH excluding ortho intramolecular Hbond substituents is 1. The topological polar surface area (TPSA) is 113 Å². The number of fused-ring (bicyclic) bond motifs is 4. The Bertz CT molecular complexity index is 2080. The number of amides is 4. The molecule has 1 N–H and O–H groups in total. The van der Waals surface area contributed by atoms with Crippen LogP contribution in [-0.2, 0) is 19.2 Å². The van der Waals surface area contributed by atoms with E-state index in [0.717, 1.165) is 17.0 Å². The van der Waals surface area contributed by atoms with E-state index in [0.29, 0.717) is 4.47 Å². The van der Waals surface area contributed by atoms with Crippen molar-refractivity contribution in [2.75, 3.05) is 24.0 Å². The van der Waals surface area contributed by atoms with E-state index < -0.39 is 98.2 Å². The Hall–Kier alpha value is -4.21. The molecule has 3 fully saturated rings. The van der Waals surface area contributed by atoms with Crippen molar-refractivity contribution in [1.82, 2.24) is 0 Å². The molecule has 2 aliphatic heterocycles. The number of phenols is 1. The predicted molar refractivity (Wildman–Crippen MR) is 174 cm³/mol. The quantitative estimate of drug-likeness (QED) is 0.0769. The predicted octanol–water partition coefficient (Wildman–Crippen LogP) is 6.64. The smallest absolute Gasteiger partial charge is 0.258 e. The van der Waals surface area contributed by atoms with Crippen LogP contribution in [0.15, 0.2) is 52.5 Å². The van der Waals surface area contributed by atoms with Crippen molar-refractivity contribution in [3.8, 4) is 17.2 Å². The number of rotatable bonds is 5. The Morgan fingerprint density at radius 2 is 1.35 bits per heavy atom. The lowest BCUT2D eigenvalue weighted by Crippen LogP contribution is -2.60. The maximum absolute atomic E-state index is 15.3. The first-order valence-electron chi connectivity index (χ1n) is 15.1. The Kier molecular flexibility index (Phi) is 8.23. The minimum atomic E-state index is -2.81. The number of anilines is 2. The Balaban J connectivity index is 1.48. The van der Waals surface area contributed by atoms with Crippen molar-refractivity contribution >= 4 is 74.1 Å². The van der Waals surface area contributed by atoms with E-state index in [-0.39, 0.29) is 45.4 Å². The second kappa shape index (κ2) is 11.9. The third-order valence-electron chi connectivity index (χ3n) is 10.1. The van der Waals surface area contributed by atoms with Gasteiger partial charge in [0.25, 0.3) is 11.8 Å². The van der Waals surface area contributed by atoms with Crippen molar-refractivity contribution in [1.29, 1.82) is 0 Å². The van der Waals surface area contributed by atoms with Crippen LogP contribution in [0.2, 0.25) is 0 Å². The Labute approximate surface area is 303 Å². The fraction of sp³-hybridized carbons (Fsp3) is 0.294. The number of benzene rings is 3. The lowest BCUT2D eigenvalue weighted by molar-refractivity contribution is -0.125. The summed E-state index contributed by atoms with van der Waals surface area (Å²) in [5.74, 6) is -22.7. The highest BCUT2D eigenvalue weighted by molar-refractivity contribution is 9.10. The number of nitrogens with zero attached hydrogens (tertiary/aromatic N) is 2. The SMILES string of the molecule is COc1cc(O)cc(OC)c1[C@H]1C2=CC[C@@H]3C(=O)N(c4ccc(Br)cc4)C(=O)[C@@H]3[C@@H]2C[C@@]2(Cl)C(=O)N(c3c(F)c(F)c(F)c(F)c3F)C(=O)[C@@]12Cl. The summed E-state index contributed by atoms with van der Waals surface area (Å²) in [5.41, 5.74) is -1.57. The fourth-order valence-electron chi connectivity index (χ4n) is 7.94. The third kappa shape index (κ3) is 4.56. The lowest BCUT2D eigenvalue weighted by atomic mass is 9.56. The van der Waals surface area contributed by atoms with Crippen molar-refractivity contribution in [3.05, 3.63) is 87.2 Å². The normalized spacial score (nSPS) is 28.5. The molecule has 4 aliphatic rings. The monoisotopic (exact) mass is 814 g/mol. The van der Waals surface area contributed by atoms with E-state index in [2.05, 4.69) is 15.9 Å². The van der Waals surface area contributed by atoms with Crippen LogP contribution in [0.5, 0.6) is 17.2 Å². The third-order valence-corrected chi connectivity index (χ3v) is 12.1. The molecule has 0 bridgehead atoms. The van der Waals surface area contributed by atoms with Gasteiger partial charge in [-0.25, -0.2) is 26.9 Å². The summed E-state index contributed by atoms with van der Waals surface area (Å²) in [5, 5.41) is 10.4. The Morgan fingerprint density at radius 3 is 1.90 bits per heavy atom. The highest BCUT2D eigenvalue weighted by Gasteiger charge is 2.77. The highest BCUT2D eigenvalue weighted by atomic mass is 79.9. The van der Waals surface area contributed by atoms with Gasteiger partial charge >= 0.3 is 0 Å². The van der Waals surface area contributed by atoms with Crippen LogP contribution in [0.4, 0.5) is 33.3 Å². The first kappa shape index (κ1) is 35.2.